The topological polar surface area (TPSA) is 97.6 Å². The highest BCUT2D eigenvalue weighted by molar-refractivity contribution is 7.07. The number of methoxy groups -OCH3 is 2. The number of ether oxygens (including phenoxy) is 5. The van der Waals surface area contributed by atoms with Crippen molar-refractivity contribution in [2.24, 2.45) is 4.99 Å². The zero-order valence-corrected chi connectivity index (χ0v) is 24.0. The molecule has 0 saturated heterocycles. The van der Waals surface area contributed by atoms with Crippen molar-refractivity contribution < 1.29 is 28.5 Å². The quantitative estimate of drug-likeness (QED) is 0.258. The summed E-state index contributed by atoms with van der Waals surface area (Å²) in [6.07, 6.45) is 3.41. The van der Waals surface area contributed by atoms with Gasteiger partial charge in [-0.2, -0.15) is 0 Å². The fourth-order valence-corrected chi connectivity index (χ4v) is 5.48. The Labute approximate surface area is 236 Å². The molecule has 9 nitrogen and oxygen atoms in total. The predicted molar refractivity (Wildman–Crippen MR) is 153 cm³/mol. The molecule has 10 heteroatoms. The number of hydrogen-bond donors (Lipinski definition) is 0. The number of fused-ring (bicyclic) bond motifs is 1. The lowest BCUT2D eigenvalue weighted by Crippen LogP contribution is -2.40. The number of allylic oxidation sites excluding steroid dienone is 1. The Morgan fingerprint density at radius 1 is 1.02 bits per heavy atom. The molecule has 40 heavy (non-hydrogen) atoms. The first-order chi connectivity index (χ1) is 19.4. The molecule has 3 aromatic rings. The summed E-state index contributed by atoms with van der Waals surface area (Å²) in [5.74, 6) is 1.62. The van der Waals surface area contributed by atoms with Crippen LogP contribution >= 0.6 is 11.3 Å². The second-order valence-electron chi connectivity index (χ2n) is 8.66. The van der Waals surface area contributed by atoms with Crippen molar-refractivity contribution in [3.05, 3.63) is 91.1 Å². The van der Waals surface area contributed by atoms with E-state index in [-0.39, 0.29) is 17.7 Å². The van der Waals surface area contributed by atoms with Crippen molar-refractivity contribution in [1.29, 1.82) is 0 Å². The Kier molecular flexibility index (Phi) is 9.11. The second-order valence-corrected chi connectivity index (χ2v) is 9.66. The highest BCUT2D eigenvalue weighted by Gasteiger charge is 2.34. The second kappa shape index (κ2) is 12.7. The minimum Gasteiger partial charge on any atom is -0.493 e. The number of hydrogen-bond acceptors (Lipinski definition) is 9. The van der Waals surface area contributed by atoms with Crippen LogP contribution in [0.25, 0.3) is 6.08 Å². The zero-order valence-electron chi connectivity index (χ0n) is 23.2. The number of thiazole rings is 1. The average Bonchev–Trinajstić information content (AvgIpc) is 3.25. The molecule has 1 atom stereocenters. The summed E-state index contributed by atoms with van der Waals surface area (Å²) < 4.78 is 29.7. The van der Waals surface area contributed by atoms with Crippen LogP contribution in [0.4, 0.5) is 0 Å². The standard InChI is InChI=1S/C30H32N2O7S/c1-7-14-39-22-13-11-20(17-24(22)37-8-2)27-26(29(34)38-9-3)18(4)31-30-32(27)28(33)25(40-30)16-19-10-12-21(35-5)23(15-19)36-6/h7,10-13,15-17,27H,1,8-9,14H2,2-6H3/b25-16+. The Hall–Kier alpha value is -4.31. The van der Waals surface area contributed by atoms with Gasteiger partial charge in [-0.1, -0.05) is 36.1 Å². The van der Waals surface area contributed by atoms with Gasteiger partial charge >= 0.3 is 5.97 Å². The minimum absolute atomic E-state index is 0.185. The normalized spacial score (nSPS) is 14.7. The van der Waals surface area contributed by atoms with Crippen LogP contribution in [-0.2, 0) is 9.53 Å². The fraction of sp³-hybridized carbons (Fsp3) is 0.300. The van der Waals surface area contributed by atoms with Crippen LogP contribution in [-0.4, -0.2) is 44.6 Å². The predicted octanol–water partition coefficient (Wildman–Crippen LogP) is 3.78. The molecule has 0 bridgehead atoms. The Bertz CT molecular complexity index is 1630. The SMILES string of the molecule is C=CCOc1ccc(C2C(C(=O)OCC)=C(C)N=c3s/c(=C/c4ccc(OC)c(OC)c4)c(=O)n32)cc1OCC. The van der Waals surface area contributed by atoms with Crippen LogP contribution in [0.3, 0.4) is 0 Å². The van der Waals surface area contributed by atoms with Crippen molar-refractivity contribution in [2.45, 2.75) is 26.8 Å². The number of benzene rings is 2. The van der Waals surface area contributed by atoms with Gasteiger partial charge in [0, 0.05) is 0 Å². The van der Waals surface area contributed by atoms with Crippen molar-refractivity contribution in [3.8, 4) is 23.0 Å². The number of rotatable bonds is 11. The smallest absolute Gasteiger partial charge is 0.338 e. The van der Waals surface area contributed by atoms with Crippen molar-refractivity contribution in [1.82, 2.24) is 4.57 Å². The van der Waals surface area contributed by atoms with Crippen LogP contribution < -0.4 is 33.8 Å². The number of nitrogens with zero attached hydrogens (tertiary/aromatic N) is 2. The summed E-state index contributed by atoms with van der Waals surface area (Å²) in [7, 11) is 3.12. The van der Waals surface area contributed by atoms with Crippen LogP contribution in [0.1, 0.15) is 37.9 Å². The van der Waals surface area contributed by atoms with E-state index in [1.54, 1.807) is 64.5 Å². The lowest BCUT2D eigenvalue weighted by Gasteiger charge is -2.25. The van der Waals surface area contributed by atoms with E-state index in [2.05, 4.69) is 11.6 Å². The van der Waals surface area contributed by atoms with E-state index < -0.39 is 12.0 Å². The van der Waals surface area contributed by atoms with Gasteiger partial charge in [0.1, 0.15) is 6.61 Å². The molecule has 1 aromatic heterocycles. The van der Waals surface area contributed by atoms with Gasteiger partial charge in [0.25, 0.3) is 5.56 Å². The lowest BCUT2D eigenvalue weighted by molar-refractivity contribution is -0.139. The molecule has 0 fully saturated rings. The third-order valence-electron chi connectivity index (χ3n) is 6.16. The van der Waals surface area contributed by atoms with Gasteiger partial charge in [-0.3, -0.25) is 9.36 Å². The van der Waals surface area contributed by atoms with Gasteiger partial charge in [-0.05, 0) is 62.2 Å². The van der Waals surface area contributed by atoms with E-state index in [0.717, 1.165) is 5.56 Å². The minimum atomic E-state index is -0.782. The monoisotopic (exact) mass is 564 g/mol. The van der Waals surface area contributed by atoms with Crippen LogP contribution in [0, 0.1) is 0 Å². The summed E-state index contributed by atoms with van der Waals surface area (Å²) in [6, 6.07) is 9.99. The van der Waals surface area contributed by atoms with Crippen LogP contribution in [0.2, 0.25) is 0 Å². The van der Waals surface area contributed by atoms with Crippen molar-refractivity contribution in [3.63, 3.8) is 0 Å². The summed E-state index contributed by atoms with van der Waals surface area (Å²) in [5, 5.41) is 0. The van der Waals surface area contributed by atoms with Crippen molar-refractivity contribution in [2.75, 3.05) is 34.0 Å². The largest absolute Gasteiger partial charge is 0.493 e. The molecule has 2 heterocycles. The van der Waals surface area contributed by atoms with E-state index in [9.17, 15) is 9.59 Å². The molecular weight excluding hydrogens is 532 g/mol. The van der Waals surface area contributed by atoms with E-state index in [4.69, 9.17) is 23.7 Å². The number of esters is 1. The van der Waals surface area contributed by atoms with Gasteiger partial charge in [-0.15, -0.1) is 0 Å². The van der Waals surface area contributed by atoms with E-state index in [1.165, 1.54) is 15.9 Å². The number of carbonyl (C=O) groups excluding carboxylic acids is 1. The van der Waals surface area contributed by atoms with Gasteiger partial charge in [-0.25, -0.2) is 9.79 Å². The highest BCUT2D eigenvalue weighted by Crippen LogP contribution is 2.36. The molecule has 0 N–H and O–H groups in total. The van der Waals surface area contributed by atoms with E-state index in [0.29, 0.717) is 56.8 Å². The maximum Gasteiger partial charge on any atom is 0.338 e. The first-order valence-electron chi connectivity index (χ1n) is 12.8. The average molecular weight is 565 g/mol. The van der Waals surface area contributed by atoms with Crippen LogP contribution in [0.5, 0.6) is 23.0 Å². The molecule has 0 amide bonds. The molecule has 0 aliphatic carbocycles. The molecule has 1 aliphatic rings. The zero-order chi connectivity index (χ0) is 28.8. The summed E-state index contributed by atoms with van der Waals surface area (Å²) in [5.41, 5.74) is 1.89. The molecule has 0 radical (unpaired) electrons. The Morgan fingerprint density at radius 2 is 1.77 bits per heavy atom. The summed E-state index contributed by atoms with van der Waals surface area (Å²) in [6.45, 7) is 9.94. The van der Waals surface area contributed by atoms with Crippen molar-refractivity contribution >= 4 is 23.4 Å². The third-order valence-corrected chi connectivity index (χ3v) is 7.15. The van der Waals surface area contributed by atoms with Gasteiger partial charge in [0.15, 0.2) is 27.8 Å². The molecular formula is C30H32N2O7S. The highest BCUT2D eigenvalue weighted by atomic mass is 32.1. The summed E-state index contributed by atoms with van der Waals surface area (Å²) in [4.78, 5) is 32.2. The molecule has 2 aromatic carbocycles. The van der Waals surface area contributed by atoms with Crippen LogP contribution in [0.15, 0.2) is 70.1 Å². The molecule has 1 aliphatic heterocycles. The molecule has 0 spiro atoms. The first kappa shape index (κ1) is 28.7. The number of carbonyl (C=O) groups is 1. The maximum atomic E-state index is 13.9. The van der Waals surface area contributed by atoms with E-state index >= 15 is 0 Å². The maximum absolute atomic E-state index is 13.9. The third kappa shape index (κ3) is 5.67. The van der Waals surface area contributed by atoms with E-state index in [1.807, 2.05) is 19.1 Å². The molecule has 4 rings (SSSR count). The van der Waals surface area contributed by atoms with Gasteiger partial charge < -0.3 is 23.7 Å². The molecule has 1 unspecified atom stereocenters. The van der Waals surface area contributed by atoms with Gasteiger partial charge in [0.05, 0.1) is 49.3 Å². The number of aromatic nitrogens is 1. The molecule has 0 saturated carbocycles. The molecule has 210 valence electrons. The first-order valence-corrected chi connectivity index (χ1v) is 13.6. The fourth-order valence-electron chi connectivity index (χ4n) is 4.43. The Balaban J connectivity index is 1.92. The van der Waals surface area contributed by atoms with Gasteiger partial charge in [0.2, 0.25) is 0 Å². The lowest BCUT2D eigenvalue weighted by atomic mass is 9.95. The Morgan fingerprint density at radius 3 is 2.45 bits per heavy atom. The summed E-state index contributed by atoms with van der Waals surface area (Å²) >= 11 is 1.24.